The van der Waals surface area contributed by atoms with Gasteiger partial charge in [0.1, 0.15) is 11.9 Å². The maximum absolute atomic E-state index is 13.6. The molecule has 1 aliphatic rings. The zero-order valence-corrected chi connectivity index (χ0v) is 9.78. The average molecular weight is 237 g/mol. The summed E-state index contributed by atoms with van der Waals surface area (Å²) in [6.07, 6.45) is 1.49. The third-order valence-electron chi connectivity index (χ3n) is 3.25. The van der Waals surface area contributed by atoms with E-state index in [-0.39, 0.29) is 23.7 Å². The van der Waals surface area contributed by atoms with Gasteiger partial charge in [0, 0.05) is 6.54 Å². The quantitative estimate of drug-likeness (QED) is 0.797. The van der Waals surface area contributed by atoms with Gasteiger partial charge in [-0.1, -0.05) is 18.2 Å². The molecule has 1 N–H and O–H groups in total. The molecule has 1 aliphatic heterocycles. The number of halogens is 1. The summed E-state index contributed by atoms with van der Waals surface area (Å²) in [5.41, 5.74) is 0.725. The van der Waals surface area contributed by atoms with Gasteiger partial charge in [-0.2, -0.15) is 0 Å². The Morgan fingerprint density at radius 3 is 2.76 bits per heavy atom. The lowest BCUT2D eigenvalue weighted by Crippen LogP contribution is -2.43. The van der Waals surface area contributed by atoms with Crippen LogP contribution in [-0.2, 0) is 9.53 Å². The van der Waals surface area contributed by atoms with Crippen LogP contribution in [0.2, 0.25) is 0 Å². The highest BCUT2D eigenvalue weighted by Crippen LogP contribution is 2.27. The minimum absolute atomic E-state index is 0.136. The molecule has 17 heavy (non-hydrogen) atoms. The van der Waals surface area contributed by atoms with E-state index >= 15 is 0 Å². The predicted molar refractivity (Wildman–Crippen MR) is 62.2 cm³/mol. The molecule has 0 unspecified atom stereocenters. The van der Waals surface area contributed by atoms with E-state index < -0.39 is 0 Å². The van der Waals surface area contributed by atoms with E-state index in [0.29, 0.717) is 13.0 Å². The van der Waals surface area contributed by atoms with Crippen molar-refractivity contribution in [3.05, 3.63) is 35.6 Å². The number of piperidine rings is 1. The summed E-state index contributed by atoms with van der Waals surface area (Å²) in [7, 11) is 1.38. The van der Waals surface area contributed by atoms with Crippen LogP contribution in [0.15, 0.2) is 24.3 Å². The van der Waals surface area contributed by atoms with E-state index in [9.17, 15) is 9.18 Å². The lowest BCUT2D eigenvalue weighted by Gasteiger charge is -2.28. The van der Waals surface area contributed by atoms with Crippen LogP contribution in [0.5, 0.6) is 0 Å². The molecule has 2 rings (SSSR count). The van der Waals surface area contributed by atoms with Crippen LogP contribution in [-0.4, -0.2) is 25.7 Å². The highest BCUT2D eigenvalue weighted by molar-refractivity contribution is 5.75. The second kappa shape index (κ2) is 5.27. The first kappa shape index (κ1) is 12.0. The molecule has 1 fully saturated rings. The summed E-state index contributed by atoms with van der Waals surface area (Å²) >= 11 is 0. The third-order valence-corrected chi connectivity index (χ3v) is 3.25. The molecule has 0 spiro atoms. The van der Waals surface area contributed by atoms with Crippen molar-refractivity contribution in [2.75, 3.05) is 13.7 Å². The SMILES string of the molecule is COC(=O)[C@@H]1CC[C@@H](c2ccccc2F)CN1. The summed E-state index contributed by atoms with van der Waals surface area (Å²) in [5, 5.41) is 3.10. The molecule has 1 saturated heterocycles. The summed E-state index contributed by atoms with van der Waals surface area (Å²) in [6.45, 7) is 0.612. The molecule has 2 atom stereocenters. The predicted octanol–water partition coefficient (Wildman–Crippen LogP) is 1.83. The van der Waals surface area contributed by atoms with Crippen molar-refractivity contribution in [1.82, 2.24) is 5.32 Å². The highest BCUT2D eigenvalue weighted by atomic mass is 19.1. The van der Waals surface area contributed by atoms with Crippen LogP contribution >= 0.6 is 0 Å². The summed E-state index contributed by atoms with van der Waals surface area (Å²) in [5.74, 6) is -0.273. The molecule has 0 radical (unpaired) electrons. The fraction of sp³-hybridized carbons (Fsp3) is 0.462. The van der Waals surface area contributed by atoms with E-state index in [1.54, 1.807) is 12.1 Å². The van der Waals surface area contributed by atoms with Gasteiger partial charge < -0.3 is 10.1 Å². The Hall–Kier alpha value is -1.42. The highest BCUT2D eigenvalue weighted by Gasteiger charge is 2.27. The Morgan fingerprint density at radius 2 is 2.18 bits per heavy atom. The van der Waals surface area contributed by atoms with Crippen molar-refractivity contribution in [2.45, 2.75) is 24.8 Å². The Bertz CT molecular complexity index is 400. The van der Waals surface area contributed by atoms with E-state index in [1.807, 2.05) is 6.07 Å². The minimum Gasteiger partial charge on any atom is -0.468 e. The van der Waals surface area contributed by atoms with Crippen molar-refractivity contribution >= 4 is 5.97 Å². The van der Waals surface area contributed by atoms with Crippen molar-refractivity contribution in [3.8, 4) is 0 Å². The van der Waals surface area contributed by atoms with Crippen LogP contribution in [0.3, 0.4) is 0 Å². The van der Waals surface area contributed by atoms with Crippen molar-refractivity contribution in [3.63, 3.8) is 0 Å². The van der Waals surface area contributed by atoms with Gasteiger partial charge in [0.25, 0.3) is 0 Å². The first-order valence-corrected chi connectivity index (χ1v) is 5.78. The monoisotopic (exact) mass is 237 g/mol. The molecule has 1 heterocycles. The zero-order valence-electron chi connectivity index (χ0n) is 9.78. The largest absolute Gasteiger partial charge is 0.468 e. The number of nitrogens with one attached hydrogen (secondary N) is 1. The summed E-state index contributed by atoms with van der Waals surface area (Å²) in [6, 6.07) is 6.56. The number of methoxy groups -OCH3 is 1. The maximum atomic E-state index is 13.6. The van der Waals surface area contributed by atoms with Gasteiger partial charge in [-0.15, -0.1) is 0 Å². The molecule has 0 saturated carbocycles. The first-order chi connectivity index (χ1) is 8.22. The van der Waals surface area contributed by atoms with Gasteiger partial charge in [0.05, 0.1) is 7.11 Å². The summed E-state index contributed by atoms with van der Waals surface area (Å²) in [4.78, 5) is 11.3. The van der Waals surface area contributed by atoms with Crippen LogP contribution < -0.4 is 5.32 Å². The molecule has 1 aromatic rings. The number of carbonyl (C=O) groups excluding carboxylic acids is 1. The standard InChI is InChI=1S/C13H16FNO2/c1-17-13(16)12-7-6-9(8-15-12)10-4-2-3-5-11(10)14/h2-5,9,12,15H,6-8H2,1H3/t9-,12+/m1/s1. The smallest absolute Gasteiger partial charge is 0.322 e. The molecule has 0 aromatic heterocycles. The number of ether oxygens (including phenoxy) is 1. The van der Waals surface area contributed by atoms with Crippen molar-refractivity contribution in [1.29, 1.82) is 0 Å². The lowest BCUT2D eigenvalue weighted by atomic mass is 9.88. The minimum atomic E-state index is -0.247. The molecule has 92 valence electrons. The maximum Gasteiger partial charge on any atom is 0.322 e. The summed E-state index contributed by atoms with van der Waals surface area (Å²) < 4.78 is 18.3. The second-order valence-electron chi connectivity index (χ2n) is 4.28. The fourth-order valence-electron chi connectivity index (χ4n) is 2.27. The topological polar surface area (TPSA) is 38.3 Å². The van der Waals surface area contributed by atoms with Gasteiger partial charge in [-0.05, 0) is 30.4 Å². The van der Waals surface area contributed by atoms with Gasteiger partial charge in [-0.25, -0.2) is 4.39 Å². The van der Waals surface area contributed by atoms with Crippen LogP contribution in [0.25, 0.3) is 0 Å². The normalized spacial score (nSPS) is 24.4. The van der Waals surface area contributed by atoms with Gasteiger partial charge in [-0.3, -0.25) is 4.79 Å². The van der Waals surface area contributed by atoms with Gasteiger partial charge >= 0.3 is 5.97 Å². The molecule has 0 amide bonds. The molecule has 3 nitrogen and oxygen atoms in total. The van der Waals surface area contributed by atoms with Gasteiger partial charge in [0.2, 0.25) is 0 Å². The Morgan fingerprint density at radius 1 is 1.41 bits per heavy atom. The first-order valence-electron chi connectivity index (χ1n) is 5.78. The molecule has 4 heteroatoms. The molecule has 1 aromatic carbocycles. The number of hydrogen-bond acceptors (Lipinski definition) is 3. The number of benzene rings is 1. The third kappa shape index (κ3) is 2.64. The number of carbonyl (C=O) groups is 1. The van der Waals surface area contributed by atoms with E-state index in [0.717, 1.165) is 12.0 Å². The fourth-order valence-corrected chi connectivity index (χ4v) is 2.27. The Balaban J connectivity index is 2.00. The van der Waals surface area contributed by atoms with Crippen LogP contribution in [0, 0.1) is 5.82 Å². The number of rotatable bonds is 2. The van der Waals surface area contributed by atoms with Gasteiger partial charge in [0.15, 0.2) is 0 Å². The Kier molecular flexibility index (Phi) is 3.74. The van der Waals surface area contributed by atoms with E-state index in [4.69, 9.17) is 0 Å². The molecule has 0 aliphatic carbocycles. The van der Waals surface area contributed by atoms with E-state index in [1.165, 1.54) is 13.2 Å². The Labute approximate surface area is 100.0 Å². The van der Waals surface area contributed by atoms with Crippen molar-refractivity contribution < 1.29 is 13.9 Å². The van der Waals surface area contributed by atoms with Crippen molar-refractivity contribution in [2.24, 2.45) is 0 Å². The molecule has 0 bridgehead atoms. The average Bonchev–Trinajstić information content (AvgIpc) is 2.39. The number of hydrogen-bond donors (Lipinski definition) is 1. The van der Waals surface area contributed by atoms with Crippen LogP contribution in [0.4, 0.5) is 4.39 Å². The number of esters is 1. The molecular formula is C13H16FNO2. The lowest BCUT2D eigenvalue weighted by molar-refractivity contribution is -0.143. The zero-order chi connectivity index (χ0) is 12.3. The second-order valence-corrected chi connectivity index (χ2v) is 4.28. The molecular weight excluding hydrogens is 221 g/mol. The van der Waals surface area contributed by atoms with Crippen LogP contribution in [0.1, 0.15) is 24.3 Å². The van der Waals surface area contributed by atoms with E-state index in [2.05, 4.69) is 10.1 Å².